The fraction of sp³-hybridized carbons (Fsp3) is 0.968. The van der Waals surface area contributed by atoms with Gasteiger partial charge in [-0.1, -0.05) is 142 Å². The Balaban J connectivity index is 3.51. The summed E-state index contributed by atoms with van der Waals surface area (Å²) >= 11 is 0. The third-order valence-corrected chi connectivity index (χ3v) is 7.15. The average Bonchev–Trinajstić information content (AvgIpc) is 2.85. The van der Waals surface area contributed by atoms with E-state index < -0.39 is 0 Å². The van der Waals surface area contributed by atoms with Gasteiger partial charge in [-0.25, -0.2) is 0 Å². The van der Waals surface area contributed by atoms with Gasteiger partial charge >= 0.3 is 5.97 Å². The molecule has 0 unspecified atom stereocenters. The summed E-state index contributed by atoms with van der Waals surface area (Å²) in [6.45, 7) is 7.57. The molecule has 0 spiro atoms. The van der Waals surface area contributed by atoms with E-state index >= 15 is 0 Å². The summed E-state index contributed by atoms with van der Waals surface area (Å²) in [4.78, 5) is 14.3. The van der Waals surface area contributed by atoms with Gasteiger partial charge in [-0.15, -0.1) is 0 Å². The second kappa shape index (κ2) is 29.6. The number of nitrogens with zero attached hydrogens (tertiary/aromatic N) is 1. The van der Waals surface area contributed by atoms with Crippen molar-refractivity contribution in [3.63, 3.8) is 0 Å². The average molecular weight is 498 g/mol. The zero-order valence-corrected chi connectivity index (χ0v) is 24.0. The van der Waals surface area contributed by atoms with Crippen molar-refractivity contribution >= 4 is 5.97 Å². The van der Waals surface area contributed by atoms with Gasteiger partial charge in [-0.05, 0) is 19.4 Å². The van der Waals surface area contributed by atoms with Crippen LogP contribution in [0.5, 0.6) is 0 Å². The summed E-state index contributed by atoms with van der Waals surface area (Å²) in [6, 6.07) is 0. The lowest BCUT2D eigenvalue weighted by atomic mass is 10.0. The molecule has 0 amide bonds. The van der Waals surface area contributed by atoms with Crippen molar-refractivity contribution in [2.24, 2.45) is 0 Å². The number of esters is 1. The Labute approximate surface area is 220 Å². The number of hydrogen-bond donors (Lipinski definition) is 1. The monoisotopic (exact) mass is 497 g/mol. The second-order valence-corrected chi connectivity index (χ2v) is 10.6. The first-order valence-electron chi connectivity index (χ1n) is 15.7. The fourth-order valence-corrected chi connectivity index (χ4v) is 4.77. The number of unbranched alkanes of at least 4 members (excludes halogenated alkanes) is 20. The molecular weight excluding hydrogens is 434 g/mol. The van der Waals surface area contributed by atoms with Crippen molar-refractivity contribution in [3.8, 4) is 0 Å². The number of ether oxygens (including phenoxy) is 1. The van der Waals surface area contributed by atoms with E-state index in [1.807, 2.05) is 0 Å². The lowest BCUT2D eigenvalue weighted by Crippen LogP contribution is -2.32. The minimum Gasteiger partial charge on any atom is -0.464 e. The van der Waals surface area contributed by atoms with E-state index in [2.05, 4.69) is 18.7 Å². The summed E-state index contributed by atoms with van der Waals surface area (Å²) in [5.41, 5.74) is 0. The molecule has 0 aromatic rings. The van der Waals surface area contributed by atoms with Crippen molar-refractivity contribution in [1.29, 1.82) is 0 Å². The number of aliphatic hydroxyl groups excluding tert-OH is 1. The molecule has 210 valence electrons. The number of aliphatic hydroxyl groups is 1. The predicted octanol–water partition coefficient (Wildman–Crippen LogP) is 8.84. The van der Waals surface area contributed by atoms with E-state index in [0.29, 0.717) is 19.6 Å². The van der Waals surface area contributed by atoms with Crippen LogP contribution < -0.4 is 0 Å². The quantitative estimate of drug-likeness (QED) is 0.0828. The van der Waals surface area contributed by atoms with Crippen LogP contribution in [0.4, 0.5) is 0 Å². The minimum atomic E-state index is -0.0556. The Morgan fingerprint density at radius 3 is 1.37 bits per heavy atom. The van der Waals surface area contributed by atoms with Crippen molar-refractivity contribution in [3.05, 3.63) is 0 Å². The SMILES string of the molecule is CCCCCCCCCCCCCCC(=O)OCCN(CCO)CCCCCCCCCCCC. The highest BCUT2D eigenvalue weighted by molar-refractivity contribution is 5.69. The predicted molar refractivity (Wildman–Crippen MR) is 152 cm³/mol. The Morgan fingerprint density at radius 1 is 0.543 bits per heavy atom. The highest BCUT2D eigenvalue weighted by atomic mass is 16.5. The molecule has 0 radical (unpaired) electrons. The van der Waals surface area contributed by atoms with Crippen LogP contribution in [0.15, 0.2) is 0 Å². The molecule has 0 aromatic carbocycles. The molecule has 0 bridgehead atoms. The molecule has 1 N–H and O–H groups in total. The Morgan fingerprint density at radius 2 is 0.943 bits per heavy atom. The Bertz CT molecular complexity index is 416. The van der Waals surface area contributed by atoms with Gasteiger partial charge in [0.1, 0.15) is 6.61 Å². The molecule has 0 saturated carbocycles. The highest BCUT2D eigenvalue weighted by Gasteiger charge is 2.07. The van der Waals surface area contributed by atoms with Crippen LogP contribution in [0.1, 0.15) is 162 Å². The van der Waals surface area contributed by atoms with Gasteiger partial charge < -0.3 is 9.84 Å². The van der Waals surface area contributed by atoms with Crippen molar-refractivity contribution in [1.82, 2.24) is 4.90 Å². The molecule has 0 aromatic heterocycles. The number of hydrogen-bond acceptors (Lipinski definition) is 4. The number of carbonyl (C=O) groups excluding carboxylic acids is 1. The van der Waals surface area contributed by atoms with Crippen LogP contribution in [-0.4, -0.2) is 48.8 Å². The van der Waals surface area contributed by atoms with Gasteiger partial charge in [0.15, 0.2) is 0 Å². The largest absolute Gasteiger partial charge is 0.464 e. The third-order valence-electron chi connectivity index (χ3n) is 7.15. The summed E-state index contributed by atoms with van der Waals surface area (Å²) in [5.74, 6) is -0.0556. The van der Waals surface area contributed by atoms with Crippen molar-refractivity contribution in [2.75, 3.05) is 32.8 Å². The lowest BCUT2D eigenvalue weighted by molar-refractivity contribution is -0.144. The van der Waals surface area contributed by atoms with Crippen LogP contribution in [-0.2, 0) is 9.53 Å². The van der Waals surface area contributed by atoms with E-state index in [0.717, 1.165) is 25.9 Å². The highest BCUT2D eigenvalue weighted by Crippen LogP contribution is 2.13. The molecule has 0 saturated heterocycles. The van der Waals surface area contributed by atoms with E-state index in [9.17, 15) is 9.90 Å². The molecule has 0 aliphatic carbocycles. The molecule has 0 aliphatic heterocycles. The molecule has 0 atom stereocenters. The molecule has 4 nitrogen and oxygen atoms in total. The normalized spacial score (nSPS) is 11.4. The van der Waals surface area contributed by atoms with Gasteiger partial charge in [0.2, 0.25) is 0 Å². The maximum absolute atomic E-state index is 12.0. The second-order valence-electron chi connectivity index (χ2n) is 10.6. The van der Waals surface area contributed by atoms with Crippen LogP contribution in [0.2, 0.25) is 0 Å². The van der Waals surface area contributed by atoms with Crippen molar-refractivity contribution in [2.45, 2.75) is 162 Å². The maximum atomic E-state index is 12.0. The van der Waals surface area contributed by atoms with E-state index in [1.165, 1.54) is 128 Å². The summed E-state index contributed by atoms with van der Waals surface area (Å²) in [5, 5.41) is 9.34. The maximum Gasteiger partial charge on any atom is 0.305 e. The van der Waals surface area contributed by atoms with Gasteiger partial charge in [0.25, 0.3) is 0 Å². The Hall–Kier alpha value is -0.610. The molecule has 4 heteroatoms. The number of rotatable bonds is 29. The zero-order chi connectivity index (χ0) is 25.7. The zero-order valence-electron chi connectivity index (χ0n) is 24.0. The lowest BCUT2D eigenvalue weighted by Gasteiger charge is -2.21. The minimum absolute atomic E-state index is 0.0556. The van der Waals surface area contributed by atoms with Crippen LogP contribution in [0.3, 0.4) is 0 Å². The molecule has 0 aliphatic rings. The Kier molecular flexibility index (Phi) is 29.1. The molecule has 0 fully saturated rings. The first-order valence-corrected chi connectivity index (χ1v) is 15.7. The van der Waals surface area contributed by atoms with Gasteiger partial charge in [0, 0.05) is 19.5 Å². The smallest absolute Gasteiger partial charge is 0.305 e. The summed E-state index contributed by atoms with van der Waals surface area (Å²) in [6.07, 6.45) is 29.6. The summed E-state index contributed by atoms with van der Waals surface area (Å²) < 4.78 is 5.46. The van der Waals surface area contributed by atoms with E-state index in [4.69, 9.17) is 4.74 Å². The number of carbonyl (C=O) groups is 1. The summed E-state index contributed by atoms with van der Waals surface area (Å²) in [7, 11) is 0. The fourth-order valence-electron chi connectivity index (χ4n) is 4.77. The molecule has 35 heavy (non-hydrogen) atoms. The third kappa shape index (κ3) is 27.8. The molecular formula is C31H63NO3. The van der Waals surface area contributed by atoms with Crippen LogP contribution in [0.25, 0.3) is 0 Å². The first-order chi connectivity index (χ1) is 17.2. The topological polar surface area (TPSA) is 49.8 Å². The van der Waals surface area contributed by atoms with Crippen LogP contribution in [0, 0.1) is 0 Å². The van der Waals surface area contributed by atoms with Crippen LogP contribution >= 0.6 is 0 Å². The van der Waals surface area contributed by atoms with E-state index in [-0.39, 0.29) is 12.6 Å². The molecule has 0 rings (SSSR count). The van der Waals surface area contributed by atoms with Crippen molar-refractivity contribution < 1.29 is 14.6 Å². The van der Waals surface area contributed by atoms with E-state index in [1.54, 1.807) is 0 Å². The van der Waals surface area contributed by atoms with Gasteiger partial charge in [0.05, 0.1) is 6.61 Å². The molecule has 0 heterocycles. The van der Waals surface area contributed by atoms with Gasteiger partial charge in [-0.2, -0.15) is 0 Å². The standard InChI is InChI=1S/C31H63NO3/c1-3-5-7-9-11-13-15-16-17-19-21-23-25-31(34)35-30-28-32(27-29-33)26-24-22-20-18-14-12-10-8-6-4-2/h33H,3-30H2,1-2H3. The van der Waals surface area contributed by atoms with Gasteiger partial charge in [-0.3, -0.25) is 9.69 Å². The first kappa shape index (κ1) is 34.4.